The van der Waals surface area contributed by atoms with Crippen molar-refractivity contribution in [1.29, 1.82) is 0 Å². The fraction of sp³-hybridized carbons (Fsp3) is 0.286. The molecule has 0 aliphatic carbocycles. The second-order valence-corrected chi connectivity index (χ2v) is 7.52. The van der Waals surface area contributed by atoms with Gasteiger partial charge in [-0.3, -0.25) is 9.48 Å². The van der Waals surface area contributed by atoms with Crippen LogP contribution in [0.3, 0.4) is 0 Å². The molecule has 2 N–H and O–H groups in total. The minimum Gasteiger partial charge on any atom is -0.481 e. The standard InChI is InChI=1S/C21H20N6O3/c1-11-20(12(2)30-26-11)13-3-4-17-16(5-13)18(6-19(28)29)25-21(24-17)14-7-23-27(10-14)15-8-22-9-15/h3-5,7,10,15,22H,6,8-9H2,1-2H3,(H,28,29). The van der Waals surface area contributed by atoms with Crippen LogP contribution in [-0.2, 0) is 11.2 Å². The molecule has 1 aromatic carbocycles. The molecular weight excluding hydrogens is 384 g/mol. The van der Waals surface area contributed by atoms with E-state index < -0.39 is 5.97 Å². The molecule has 30 heavy (non-hydrogen) atoms. The zero-order valence-corrected chi connectivity index (χ0v) is 16.6. The van der Waals surface area contributed by atoms with Crippen molar-refractivity contribution in [2.45, 2.75) is 26.3 Å². The molecule has 1 aliphatic rings. The van der Waals surface area contributed by atoms with Crippen LogP contribution in [0.25, 0.3) is 33.4 Å². The van der Waals surface area contributed by atoms with Crippen LogP contribution in [0.1, 0.15) is 23.2 Å². The number of hydrogen-bond acceptors (Lipinski definition) is 7. The third kappa shape index (κ3) is 3.13. The molecule has 0 amide bonds. The normalized spacial score (nSPS) is 14.2. The topological polar surface area (TPSA) is 119 Å². The number of fused-ring (bicyclic) bond motifs is 1. The lowest BCUT2D eigenvalue weighted by atomic mass is 10.0. The third-order valence-corrected chi connectivity index (χ3v) is 5.41. The fourth-order valence-electron chi connectivity index (χ4n) is 3.76. The van der Waals surface area contributed by atoms with Gasteiger partial charge in [0.15, 0.2) is 5.82 Å². The Morgan fingerprint density at radius 2 is 2.10 bits per heavy atom. The van der Waals surface area contributed by atoms with Crippen molar-refractivity contribution in [3.05, 3.63) is 47.7 Å². The molecular formula is C21H20N6O3. The van der Waals surface area contributed by atoms with E-state index in [1.54, 1.807) is 6.20 Å². The Bertz CT molecular complexity index is 1250. The van der Waals surface area contributed by atoms with Gasteiger partial charge in [0.05, 0.1) is 41.1 Å². The Morgan fingerprint density at radius 1 is 1.27 bits per heavy atom. The van der Waals surface area contributed by atoms with Crippen LogP contribution in [0.2, 0.25) is 0 Å². The summed E-state index contributed by atoms with van der Waals surface area (Å²) in [6.45, 7) is 5.50. The van der Waals surface area contributed by atoms with E-state index in [0.717, 1.165) is 35.5 Å². The molecule has 0 radical (unpaired) electrons. The van der Waals surface area contributed by atoms with E-state index >= 15 is 0 Å². The van der Waals surface area contributed by atoms with Crippen molar-refractivity contribution >= 4 is 16.9 Å². The number of hydrogen-bond donors (Lipinski definition) is 2. The first-order valence-corrected chi connectivity index (χ1v) is 9.70. The van der Waals surface area contributed by atoms with Crippen molar-refractivity contribution < 1.29 is 14.4 Å². The van der Waals surface area contributed by atoms with Crippen LogP contribution in [0.5, 0.6) is 0 Å². The molecule has 4 heterocycles. The molecule has 9 nitrogen and oxygen atoms in total. The van der Waals surface area contributed by atoms with E-state index in [4.69, 9.17) is 4.52 Å². The average Bonchev–Trinajstić information content (AvgIpc) is 3.26. The number of nitrogens with zero attached hydrogens (tertiary/aromatic N) is 5. The van der Waals surface area contributed by atoms with Gasteiger partial charge in [-0.05, 0) is 31.5 Å². The first kappa shape index (κ1) is 18.4. The quantitative estimate of drug-likeness (QED) is 0.521. The minimum absolute atomic E-state index is 0.197. The Hall–Kier alpha value is -3.59. The maximum absolute atomic E-state index is 11.5. The van der Waals surface area contributed by atoms with Gasteiger partial charge in [-0.25, -0.2) is 9.97 Å². The number of rotatable bonds is 5. The molecule has 1 fully saturated rings. The molecule has 9 heteroatoms. The molecule has 0 unspecified atom stereocenters. The lowest BCUT2D eigenvalue weighted by Gasteiger charge is -2.27. The highest BCUT2D eigenvalue weighted by atomic mass is 16.5. The van der Waals surface area contributed by atoms with E-state index in [9.17, 15) is 9.90 Å². The summed E-state index contributed by atoms with van der Waals surface area (Å²) in [5, 5.41) is 21.8. The lowest BCUT2D eigenvalue weighted by molar-refractivity contribution is -0.136. The summed E-state index contributed by atoms with van der Waals surface area (Å²) in [5.74, 6) is 0.240. The zero-order chi connectivity index (χ0) is 20.8. The number of carbonyl (C=O) groups is 1. The Morgan fingerprint density at radius 3 is 2.77 bits per heavy atom. The first-order chi connectivity index (χ1) is 14.5. The predicted octanol–water partition coefficient (Wildman–Crippen LogP) is 2.54. The maximum Gasteiger partial charge on any atom is 0.309 e. The summed E-state index contributed by atoms with van der Waals surface area (Å²) in [6.07, 6.45) is 3.44. The highest BCUT2D eigenvalue weighted by Gasteiger charge is 2.21. The molecule has 1 aliphatic heterocycles. The van der Waals surface area contributed by atoms with Crippen LogP contribution < -0.4 is 5.32 Å². The zero-order valence-electron chi connectivity index (χ0n) is 16.6. The lowest BCUT2D eigenvalue weighted by Crippen LogP contribution is -2.43. The van der Waals surface area contributed by atoms with Gasteiger partial charge >= 0.3 is 5.97 Å². The average molecular weight is 404 g/mol. The highest BCUT2D eigenvalue weighted by Crippen LogP contribution is 2.31. The van der Waals surface area contributed by atoms with Crippen LogP contribution in [-0.4, -0.2) is 49.1 Å². The largest absolute Gasteiger partial charge is 0.481 e. The molecule has 152 valence electrons. The van der Waals surface area contributed by atoms with Crippen LogP contribution in [0, 0.1) is 13.8 Å². The van der Waals surface area contributed by atoms with Gasteiger partial charge in [0, 0.05) is 30.2 Å². The monoisotopic (exact) mass is 404 g/mol. The van der Waals surface area contributed by atoms with Crippen LogP contribution in [0.15, 0.2) is 35.1 Å². The smallest absolute Gasteiger partial charge is 0.309 e. The summed E-state index contributed by atoms with van der Waals surface area (Å²) in [5.41, 5.74) is 4.50. The van der Waals surface area contributed by atoms with Gasteiger partial charge in [-0.2, -0.15) is 5.10 Å². The van der Waals surface area contributed by atoms with Crippen LogP contribution in [0.4, 0.5) is 0 Å². The Balaban J connectivity index is 1.63. The van der Waals surface area contributed by atoms with Crippen molar-refractivity contribution in [3.63, 3.8) is 0 Å². The summed E-state index contributed by atoms with van der Waals surface area (Å²) < 4.78 is 7.18. The van der Waals surface area contributed by atoms with Gasteiger partial charge in [0.1, 0.15) is 5.76 Å². The van der Waals surface area contributed by atoms with Crippen molar-refractivity contribution in [2.24, 2.45) is 0 Å². The Labute approximate surface area is 171 Å². The summed E-state index contributed by atoms with van der Waals surface area (Å²) in [7, 11) is 0. The van der Waals surface area contributed by atoms with Crippen molar-refractivity contribution in [1.82, 2.24) is 30.2 Å². The van der Waals surface area contributed by atoms with Gasteiger partial charge in [-0.1, -0.05) is 11.2 Å². The van der Waals surface area contributed by atoms with Gasteiger partial charge < -0.3 is 14.9 Å². The van der Waals surface area contributed by atoms with Crippen molar-refractivity contribution in [2.75, 3.05) is 13.1 Å². The molecule has 5 rings (SSSR count). The van der Waals surface area contributed by atoms with Gasteiger partial charge in [-0.15, -0.1) is 0 Å². The second-order valence-electron chi connectivity index (χ2n) is 7.52. The number of aryl methyl sites for hydroxylation is 2. The van der Waals surface area contributed by atoms with Crippen LogP contribution >= 0.6 is 0 Å². The molecule has 0 saturated carbocycles. The molecule has 1 saturated heterocycles. The molecule has 4 aromatic rings. The Kier molecular flexibility index (Phi) is 4.32. The van der Waals surface area contributed by atoms with E-state index in [2.05, 4.69) is 25.5 Å². The molecule has 3 aromatic heterocycles. The molecule has 0 bridgehead atoms. The number of nitrogens with one attached hydrogen (secondary N) is 1. The molecule has 0 atom stereocenters. The second kappa shape index (κ2) is 7.03. The van der Waals surface area contributed by atoms with E-state index in [1.165, 1.54) is 0 Å². The summed E-state index contributed by atoms with van der Waals surface area (Å²) in [4.78, 5) is 20.8. The van der Waals surface area contributed by atoms with E-state index in [0.29, 0.717) is 34.2 Å². The number of carboxylic acid groups (broad SMARTS) is 1. The predicted molar refractivity (Wildman–Crippen MR) is 109 cm³/mol. The van der Waals surface area contributed by atoms with Gasteiger partial charge in [0.25, 0.3) is 0 Å². The van der Waals surface area contributed by atoms with Gasteiger partial charge in [0.2, 0.25) is 0 Å². The third-order valence-electron chi connectivity index (χ3n) is 5.41. The number of benzene rings is 1. The summed E-state index contributed by atoms with van der Waals surface area (Å²) in [6, 6.07) is 6.07. The minimum atomic E-state index is -0.945. The molecule has 0 spiro atoms. The van der Waals surface area contributed by atoms with E-state index in [1.807, 2.05) is 42.9 Å². The first-order valence-electron chi connectivity index (χ1n) is 9.70. The summed E-state index contributed by atoms with van der Waals surface area (Å²) >= 11 is 0. The fourth-order valence-corrected chi connectivity index (χ4v) is 3.76. The number of aliphatic carboxylic acids is 1. The van der Waals surface area contributed by atoms with Crippen molar-refractivity contribution in [3.8, 4) is 22.5 Å². The highest BCUT2D eigenvalue weighted by molar-refractivity contribution is 5.90. The maximum atomic E-state index is 11.5. The number of aromatic nitrogens is 5. The SMILES string of the molecule is Cc1noc(C)c1-c1ccc2nc(-c3cnn(C4CNC4)c3)nc(CC(=O)O)c2c1. The number of carboxylic acids is 1. The van der Waals surface area contributed by atoms with E-state index in [-0.39, 0.29) is 6.42 Å².